The molecular weight excluding hydrogens is 280 g/mol. The Labute approximate surface area is 132 Å². The molecule has 1 aliphatic rings. The van der Waals surface area contributed by atoms with E-state index in [-0.39, 0.29) is 6.09 Å². The van der Waals surface area contributed by atoms with Crippen molar-refractivity contribution >= 4 is 6.09 Å². The number of rotatable bonds is 5. The van der Waals surface area contributed by atoms with Crippen LogP contribution in [0.25, 0.3) is 0 Å². The summed E-state index contributed by atoms with van der Waals surface area (Å²) in [7, 11) is 0. The summed E-state index contributed by atoms with van der Waals surface area (Å²) in [6.07, 6.45) is 4.59. The van der Waals surface area contributed by atoms with Crippen LogP contribution in [-0.4, -0.2) is 45.8 Å². The van der Waals surface area contributed by atoms with Crippen LogP contribution >= 0.6 is 0 Å². The number of nitrogens with zero attached hydrogens (tertiary/aromatic N) is 3. The molecule has 6 nitrogen and oxygen atoms in total. The van der Waals surface area contributed by atoms with Gasteiger partial charge in [0.05, 0.1) is 12.0 Å². The number of ether oxygens (including phenoxy) is 1. The van der Waals surface area contributed by atoms with Gasteiger partial charge in [-0.3, -0.25) is 0 Å². The number of aromatic nitrogens is 2. The van der Waals surface area contributed by atoms with Gasteiger partial charge in [0, 0.05) is 38.9 Å². The van der Waals surface area contributed by atoms with Crippen LogP contribution in [0.5, 0.6) is 0 Å². The van der Waals surface area contributed by atoms with Gasteiger partial charge >= 0.3 is 6.09 Å². The minimum absolute atomic E-state index is 0.195. The Morgan fingerprint density at radius 1 is 1.50 bits per heavy atom. The standard InChI is InChI=1S/C16H28N4O2/c1-5-19-12-18-10-14(19)9-17-8-13-6-7-20(11-13)15(21)22-16(2,3)4/h10,12-13,17H,5-9,11H2,1-4H3. The molecule has 0 aromatic carbocycles. The van der Waals surface area contributed by atoms with Crippen LogP contribution in [0.15, 0.2) is 12.5 Å². The van der Waals surface area contributed by atoms with Gasteiger partial charge in [0.1, 0.15) is 5.60 Å². The van der Waals surface area contributed by atoms with Crippen molar-refractivity contribution in [2.75, 3.05) is 19.6 Å². The molecule has 0 bridgehead atoms. The molecule has 0 radical (unpaired) electrons. The average Bonchev–Trinajstić information content (AvgIpc) is 3.05. The number of nitrogens with one attached hydrogen (secondary N) is 1. The first-order valence-corrected chi connectivity index (χ1v) is 8.06. The van der Waals surface area contributed by atoms with Crippen molar-refractivity contribution in [1.29, 1.82) is 0 Å². The van der Waals surface area contributed by atoms with E-state index in [0.29, 0.717) is 5.92 Å². The van der Waals surface area contributed by atoms with Crippen molar-refractivity contribution < 1.29 is 9.53 Å². The first kappa shape index (κ1) is 16.8. The van der Waals surface area contributed by atoms with Gasteiger partial charge in [-0.05, 0) is 40.0 Å². The number of carbonyl (C=O) groups excluding carboxylic acids is 1. The second-order valence-corrected chi connectivity index (χ2v) is 6.88. The summed E-state index contributed by atoms with van der Waals surface area (Å²) in [4.78, 5) is 18.0. The molecule has 0 spiro atoms. The minimum Gasteiger partial charge on any atom is -0.444 e. The summed E-state index contributed by atoms with van der Waals surface area (Å²) >= 11 is 0. The van der Waals surface area contributed by atoms with Gasteiger partial charge in [-0.1, -0.05) is 0 Å². The highest BCUT2D eigenvalue weighted by atomic mass is 16.6. The SMILES string of the molecule is CCn1cncc1CNCC1CCN(C(=O)OC(C)(C)C)C1. The first-order valence-electron chi connectivity index (χ1n) is 8.06. The number of aryl methyl sites for hydroxylation is 1. The second-order valence-electron chi connectivity index (χ2n) is 6.88. The third-order valence-electron chi connectivity index (χ3n) is 3.82. The summed E-state index contributed by atoms with van der Waals surface area (Å²) in [6.45, 7) is 12.0. The van der Waals surface area contributed by atoms with Crippen LogP contribution in [0.4, 0.5) is 4.79 Å². The van der Waals surface area contributed by atoms with Crippen molar-refractivity contribution in [3.05, 3.63) is 18.2 Å². The molecular formula is C16H28N4O2. The lowest BCUT2D eigenvalue weighted by molar-refractivity contribution is 0.0288. The monoisotopic (exact) mass is 308 g/mol. The number of hydrogen-bond acceptors (Lipinski definition) is 4. The lowest BCUT2D eigenvalue weighted by Crippen LogP contribution is -2.36. The molecule has 22 heavy (non-hydrogen) atoms. The van der Waals surface area contributed by atoms with Crippen molar-refractivity contribution in [2.45, 2.75) is 52.8 Å². The number of hydrogen-bond donors (Lipinski definition) is 1. The smallest absolute Gasteiger partial charge is 0.410 e. The largest absolute Gasteiger partial charge is 0.444 e. The summed E-state index contributed by atoms with van der Waals surface area (Å²) < 4.78 is 7.55. The quantitative estimate of drug-likeness (QED) is 0.906. The molecule has 0 aliphatic carbocycles. The molecule has 1 aliphatic heterocycles. The van der Waals surface area contributed by atoms with Crippen molar-refractivity contribution in [2.24, 2.45) is 5.92 Å². The molecule has 1 saturated heterocycles. The molecule has 1 amide bonds. The molecule has 2 rings (SSSR count). The van der Waals surface area contributed by atoms with Gasteiger partial charge in [-0.15, -0.1) is 0 Å². The molecule has 6 heteroatoms. The van der Waals surface area contributed by atoms with Crippen LogP contribution in [0.3, 0.4) is 0 Å². The van der Waals surface area contributed by atoms with Gasteiger partial charge in [0.2, 0.25) is 0 Å². The topological polar surface area (TPSA) is 59.4 Å². The highest BCUT2D eigenvalue weighted by Crippen LogP contribution is 2.19. The fourth-order valence-electron chi connectivity index (χ4n) is 2.68. The van der Waals surface area contributed by atoms with Crippen LogP contribution in [0.2, 0.25) is 0 Å². The second kappa shape index (κ2) is 7.13. The van der Waals surface area contributed by atoms with E-state index < -0.39 is 5.60 Å². The van der Waals surface area contributed by atoms with E-state index in [1.165, 1.54) is 5.69 Å². The Morgan fingerprint density at radius 2 is 2.27 bits per heavy atom. The number of amides is 1. The molecule has 1 aromatic heterocycles. The van der Waals surface area contributed by atoms with Crippen LogP contribution in [0.1, 0.15) is 39.8 Å². The lowest BCUT2D eigenvalue weighted by atomic mass is 10.1. The van der Waals surface area contributed by atoms with Gasteiger partial charge in [-0.25, -0.2) is 9.78 Å². The van der Waals surface area contributed by atoms with Crippen LogP contribution in [-0.2, 0) is 17.8 Å². The zero-order valence-corrected chi connectivity index (χ0v) is 14.1. The highest BCUT2D eigenvalue weighted by Gasteiger charge is 2.29. The van der Waals surface area contributed by atoms with Gasteiger partial charge in [0.25, 0.3) is 0 Å². The highest BCUT2D eigenvalue weighted by molar-refractivity contribution is 5.68. The van der Waals surface area contributed by atoms with Crippen LogP contribution in [0, 0.1) is 5.92 Å². The number of likely N-dealkylation sites (tertiary alicyclic amines) is 1. The third kappa shape index (κ3) is 4.73. The molecule has 1 aromatic rings. The van der Waals surface area contributed by atoms with E-state index in [9.17, 15) is 4.79 Å². The Morgan fingerprint density at radius 3 is 2.95 bits per heavy atom. The van der Waals surface area contributed by atoms with E-state index in [1.54, 1.807) is 0 Å². The van der Waals surface area contributed by atoms with E-state index in [4.69, 9.17) is 4.74 Å². The van der Waals surface area contributed by atoms with Crippen molar-refractivity contribution in [3.8, 4) is 0 Å². The average molecular weight is 308 g/mol. The molecule has 124 valence electrons. The first-order chi connectivity index (χ1) is 10.4. The molecule has 1 fully saturated rings. The predicted octanol–water partition coefficient (Wildman–Crippen LogP) is 2.25. The number of imidazole rings is 1. The normalized spacial score (nSPS) is 18.7. The van der Waals surface area contributed by atoms with E-state index in [1.807, 2.05) is 38.2 Å². The Bertz CT molecular complexity index is 493. The molecule has 0 saturated carbocycles. The molecule has 1 unspecified atom stereocenters. The summed E-state index contributed by atoms with van der Waals surface area (Å²) in [5, 5.41) is 3.47. The molecule has 1 atom stereocenters. The van der Waals surface area contributed by atoms with Gasteiger partial charge < -0.3 is 19.5 Å². The van der Waals surface area contributed by atoms with Crippen LogP contribution < -0.4 is 5.32 Å². The van der Waals surface area contributed by atoms with E-state index >= 15 is 0 Å². The maximum atomic E-state index is 12.0. The fourth-order valence-corrected chi connectivity index (χ4v) is 2.68. The fraction of sp³-hybridized carbons (Fsp3) is 0.750. The van der Waals surface area contributed by atoms with Gasteiger partial charge in [-0.2, -0.15) is 0 Å². The molecule has 1 N–H and O–H groups in total. The number of carbonyl (C=O) groups is 1. The van der Waals surface area contributed by atoms with E-state index in [0.717, 1.165) is 39.1 Å². The predicted molar refractivity (Wildman–Crippen MR) is 85.5 cm³/mol. The maximum absolute atomic E-state index is 12.0. The third-order valence-corrected chi connectivity index (χ3v) is 3.82. The Hall–Kier alpha value is -1.56. The van der Waals surface area contributed by atoms with Crippen molar-refractivity contribution in [3.63, 3.8) is 0 Å². The van der Waals surface area contributed by atoms with E-state index in [2.05, 4.69) is 21.8 Å². The summed E-state index contributed by atoms with van der Waals surface area (Å²) in [5.74, 6) is 0.491. The zero-order chi connectivity index (χ0) is 16.2. The molecule has 2 heterocycles. The zero-order valence-electron chi connectivity index (χ0n) is 14.1. The Kier molecular flexibility index (Phi) is 5.45. The Balaban J connectivity index is 1.71. The lowest BCUT2D eigenvalue weighted by Gasteiger charge is -2.24. The van der Waals surface area contributed by atoms with Gasteiger partial charge in [0.15, 0.2) is 0 Å². The maximum Gasteiger partial charge on any atom is 0.410 e. The minimum atomic E-state index is -0.425. The summed E-state index contributed by atoms with van der Waals surface area (Å²) in [6, 6.07) is 0. The van der Waals surface area contributed by atoms with Crippen molar-refractivity contribution in [1.82, 2.24) is 19.8 Å². The summed E-state index contributed by atoms with van der Waals surface area (Å²) in [5.41, 5.74) is 0.774.